The predicted molar refractivity (Wildman–Crippen MR) is 158 cm³/mol. The van der Waals surface area contributed by atoms with Gasteiger partial charge in [0.1, 0.15) is 11.5 Å². The SMILES string of the molecule is COc1ccc(/C(O)=C2/C(=O)C(=O)N(c3nnc(SCc4ccc(Cl)cc4)s3)C2c2ccc(OC)c(OC)c2)cc1. The van der Waals surface area contributed by atoms with E-state index >= 15 is 0 Å². The summed E-state index contributed by atoms with van der Waals surface area (Å²) < 4.78 is 16.7. The predicted octanol–water partition coefficient (Wildman–Crippen LogP) is 6.14. The summed E-state index contributed by atoms with van der Waals surface area (Å²) in [6.45, 7) is 0. The van der Waals surface area contributed by atoms with Crippen molar-refractivity contribution in [2.24, 2.45) is 0 Å². The molecule has 210 valence electrons. The Hall–Kier alpha value is -4.06. The molecule has 0 aliphatic carbocycles. The van der Waals surface area contributed by atoms with Crippen LogP contribution in [0, 0.1) is 0 Å². The molecular formula is C29H24ClN3O6S2. The van der Waals surface area contributed by atoms with E-state index in [1.54, 1.807) is 42.5 Å². The van der Waals surface area contributed by atoms with Gasteiger partial charge in [0, 0.05) is 16.3 Å². The number of methoxy groups -OCH3 is 3. The summed E-state index contributed by atoms with van der Waals surface area (Å²) >= 11 is 8.61. The average molecular weight is 610 g/mol. The van der Waals surface area contributed by atoms with Crippen molar-refractivity contribution >= 4 is 57.3 Å². The van der Waals surface area contributed by atoms with Crippen molar-refractivity contribution in [2.75, 3.05) is 26.2 Å². The van der Waals surface area contributed by atoms with E-state index in [0.717, 1.165) is 5.56 Å². The maximum atomic E-state index is 13.5. The molecule has 1 amide bonds. The number of ether oxygens (including phenoxy) is 3. The van der Waals surface area contributed by atoms with E-state index in [-0.39, 0.29) is 16.5 Å². The van der Waals surface area contributed by atoms with E-state index in [4.69, 9.17) is 25.8 Å². The van der Waals surface area contributed by atoms with Gasteiger partial charge in [-0.1, -0.05) is 52.9 Å². The number of hydrogen-bond donors (Lipinski definition) is 1. The lowest BCUT2D eigenvalue weighted by molar-refractivity contribution is -0.132. The number of amides is 1. The molecule has 12 heteroatoms. The monoisotopic (exact) mass is 609 g/mol. The number of aromatic nitrogens is 2. The van der Waals surface area contributed by atoms with Crippen LogP contribution in [0.1, 0.15) is 22.7 Å². The molecule has 0 radical (unpaired) electrons. The Morgan fingerprint density at radius 2 is 1.66 bits per heavy atom. The van der Waals surface area contributed by atoms with Gasteiger partial charge in [-0.15, -0.1) is 10.2 Å². The van der Waals surface area contributed by atoms with Gasteiger partial charge in [-0.05, 0) is 59.7 Å². The molecule has 0 bridgehead atoms. The third-order valence-corrected chi connectivity index (χ3v) is 8.79. The fourth-order valence-corrected chi connectivity index (χ4v) is 6.31. The number of anilines is 1. The summed E-state index contributed by atoms with van der Waals surface area (Å²) in [5.74, 6) is 0.0675. The fraction of sp³-hybridized carbons (Fsp3) is 0.172. The standard InChI is InChI=1S/C29H24ClN3O6S2/c1-37-20-11-6-17(7-12-20)25(34)23-24(18-8-13-21(38-2)22(14-18)39-3)33(27(36)26(23)35)28-31-32-29(41-28)40-15-16-4-9-19(30)10-5-16/h4-14,24,34H,15H2,1-3H3/b25-23-. The molecule has 1 N–H and O–H groups in total. The quantitative estimate of drug-likeness (QED) is 0.0787. The number of carbonyl (C=O) groups is 2. The van der Waals surface area contributed by atoms with Gasteiger partial charge in [-0.25, -0.2) is 0 Å². The maximum Gasteiger partial charge on any atom is 0.301 e. The first kappa shape index (κ1) is 28.5. The Morgan fingerprint density at radius 3 is 2.32 bits per heavy atom. The van der Waals surface area contributed by atoms with Crippen LogP contribution >= 0.6 is 34.7 Å². The maximum absolute atomic E-state index is 13.5. The van der Waals surface area contributed by atoms with Crippen molar-refractivity contribution in [3.63, 3.8) is 0 Å². The number of benzene rings is 3. The fourth-order valence-electron chi connectivity index (χ4n) is 4.36. The van der Waals surface area contributed by atoms with Crippen LogP contribution in [0.15, 0.2) is 76.6 Å². The second-order valence-corrected chi connectivity index (χ2v) is 11.4. The third kappa shape index (κ3) is 5.74. The molecule has 3 aromatic carbocycles. The van der Waals surface area contributed by atoms with Gasteiger partial charge in [0.15, 0.2) is 15.8 Å². The molecule has 1 atom stereocenters. The molecule has 1 fully saturated rings. The highest BCUT2D eigenvalue weighted by Gasteiger charge is 2.48. The lowest BCUT2D eigenvalue weighted by atomic mass is 9.95. The number of aliphatic hydroxyl groups excluding tert-OH is 1. The first-order valence-electron chi connectivity index (χ1n) is 12.2. The highest BCUT2D eigenvalue weighted by atomic mass is 35.5. The number of rotatable bonds is 9. The summed E-state index contributed by atoms with van der Waals surface area (Å²) in [5, 5.41) is 20.7. The molecule has 1 aliphatic heterocycles. The molecule has 1 unspecified atom stereocenters. The summed E-state index contributed by atoms with van der Waals surface area (Å²) in [4.78, 5) is 28.3. The third-order valence-electron chi connectivity index (χ3n) is 6.41. The van der Waals surface area contributed by atoms with Crippen LogP contribution in [0.25, 0.3) is 5.76 Å². The lowest BCUT2D eigenvalue weighted by Crippen LogP contribution is -2.29. The minimum Gasteiger partial charge on any atom is -0.507 e. The second-order valence-electron chi connectivity index (χ2n) is 8.78. The molecule has 1 saturated heterocycles. The van der Waals surface area contributed by atoms with Crippen LogP contribution in [0.3, 0.4) is 0 Å². The highest BCUT2D eigenvalue weighted by Crippen LogP contribution is 2.45. The minimum absolute atomic E-state index is 0.0852. The van der Waals surface area contributed by atoms with Crippen molar-refractivity contribution in [3.8, 4) is 17.2 Å². The average Bonchev–Trinajstić information content (AvgIpc) is 3.57. The smallest absolute Gasteiger partial charge is 0.301 e. The number of nitrogens with zero attached hydrogens (tertiary/aromatic N) is 3. The van der Waals surface area contributed by atoms with Gasteiger partial charge < -0.3 is 19.3 Å². The highest BCUT2D eigenvalue weighted by molar-refractivity contribution is 8.00. The first-order valence-corrected chi connectivity index (χ1v) is 14.4. The molecule has 4 aromatic rings. The van der Waals surface area contributed by atoms with Gasteiger partial charge in [0.2, 0.25) is 5.13 Å². The Labute approximate surface area is 249 Å². The Morgan fingerprint density at radius 1 is 0.951 bits per heavy atom. The van der Waals surface area contributed by atoms with Crippen LogP contribution in [0.2, 0.25) is 5.02 Å². The van der Waals surface area contributed by atoms with E-state index < -0.39 is 17.7 Å². The van der Waals surface area contributed by atoms with Crippen LogP contribution in [0.4, 0.5) is 5.13 Å². The lowest BCUT2D eigenvalue weighted by Gasteiger charge is -2.23. The number of thioether (sulfide) groups is 1. The number of ketones is 1. The summed E-state index contributed by atoms with van der Waals surface area (Å²) in [6.07, 6.45) is 0. The van der Waals surface area contributed by atoms with Crippen molar-refractivity contribution in [3.05, 3.63) is 94.0 Å². The zero-order valence-corrected chi connectivity index (χ0v) is 24.5. The number of aliphatic hydroxyl groups is 1. The number of carbonyl (C=O) groups excluding carboxylic acids is 2. The Balaban J connectivity index is 1.57. The zero-order valence-electron chi connectivity index (χ0n) is 22.2. The van der Waals surface area contributed by atoms with E-state index in [2.05, 4.69) is 10.2 Å². The topological polar surface area (TPSA) is 111 Å². The van der Waals surface area contributed by atoms with Crippen molar-refractivity contribution in [1.82, 2.24) is 10.2 Å². The van der Waals surface area contributed by atoms with E-state index in [0.29, 0.717) is 43.5 Å². The van der Waals surface area contributed by atoms with Crippen LogP contribution in [0.5, 0.6) is 17.2 Å². The summed E-state index contributed by atoms with van der Waals surface area (Å²) in [6, 6.07) is 18.1. The number of halogens is 1. The van der Waals surface area contributed by atoms with E-state index in [1.165, 1.54) is 49.3 Å². The summed E-state index contributed by atoms with van der Waals surface area (Å²) in [5.41, 5.74) is 1.83. The second kappa shape index (κ2) is 12.2. The largest absolute Gasteiger partial charge is 0.507 e. The molecule has 1 aromatic heterocycles. The summed E-state index contributed by atoms with van der Waals surface area (Å²) in [7, 11) is 4.53. The van der Waals surface area contributed by atoms with Gasteiger partial charge >= 0.3 is 5.91 Å². The molecule has 1 aliphatic rings. The first-order chi connectivity index (χ1) is 19.8. The molecule has 2 heterocycles. The zero-order chi connectivity index (χ0) is 29.1. The van der Waals surface area contributed by atoms with Gasteiger partial charge in [-0.3, -0.25) is 14.5 Å². The van der Waals surface area contributed by atoms with Crippen LogP contribution in [-0.2, 0) is 15.3 Å². The Kier molecular flexibility index (Phi) is 8.48. The molecule has 41 heavy (non-hydrogen) atoms. The Bertz CT molecular complexity index is 1620. The number of Topliss-reactive ketones (excluding diaryl/α,β-unsaturated/α-hetero) is 1. The molecule has 9 nitrogen and oxygen atoms in total. The minimum atomic E-state index is -1.00. The van der Waals surface area contributed by atoms with Crippen LogP contribution < -0.4 is 19.1 Å². The van der Waals surface area contributed by atoms with Gasteiger partial charge in [-0.2, -0.15) is 0 Å². The molecule has 5 rings (SSSR count). The van der Waals surface area contributed by atoms with Crippen molar-refractivity contribution < 1.29 is 28.9 Å². The normalized spacial score (nSPS) is 16.2. The van der Waals surface area contributed by atoms with E-state index in [9.17, 15) is 14.7 Å². The molecular weight excluding hydrogens is 586 g/mol. The van der Waals surface area contributed by atoms with Crippen molar-refractivity contribution in [1.29, 1.82) is 0 Å². The number of hydrogen-bond acceptors (Lipinski definition) is 10. The van der Waals surface area contributed by atoms with Crippen LogP contribution in [-0.4, -0.2) is 48.3 Å². The van der Waals surface area contributed by atoms with Crippen molar-refractivity contribution in [2.45, 2.75) is 16.1 Å². The van der Waals surface area contributed by atoms with Gasteiger partial charge in [0.25, 0.3) is 5.78 Å². The molecule has 0 spiro atoms. The van der Waals surface area contributed by atoms with E-state index in [1.807, 2.05) is 24.3 Å². The van der Waals surface area contributed by atoms with Gasteiger partial charge in [0.05, 0.1) is 32.9 Å². The molecule has 0 saturated carbocycles.